The second kappa shape index (κ2) is 7.19. The largest absolute Gasteiger partial charge is 0.312 e. The van der Waals surface area contributed by atoms with E-state index in [2.05, 4.69) is 46.7 Å². The fraction of sp³-hybridized carbons (Fsp3) is 0.267. The number of hydrogen-bond acceptors (Lipinski definition) is 3. The SMILES string of the molecule is Cc1ccc(CNCCSc2ccccc2)cn1. The van der Waals surface area contributed by atoms with Gasteiger partial charge >= 0.3 is 0 Å². The van der Waals surface area contributed by atoms with Gasteiger partial charge in [0.25, 0.3) is 0 Å². The van der Waals surface area contributed by atoms with E-state index in [4.69, 9.17) is 0 Å². The molecule has 1 N–H and O–H groups in total. The van der Waals surface area contributed by atoms with E-state index in [0.717, 1.165) is 24.5 Å². The van der Waals surface area contributed by atoms with Crippen LogP contribution < -0.4 is 5.32 Å². The zero-order valence-electron chi connectivity index (χ0n) is 10.6. The van der Waals surface area contributed by atoms with Gasteiger partial charge in [0.15, 0.2) is 0 Å². The zero-order chi connectivity index (χ0) is 12.6. The Hall–Kier alpha value is -1.32. The van der Waals surface area contributed by atoms with Gasteiger partial charge in [-0.1, -0.05) is 24.3 Å². The molecule has 1 heterocycles. The summed E-state index contributed by atoms with van der Waals surface area (Å²) in [6.07, 6.45) is 1.94. The van der Waals surface area contributed by atoms with Gasteiger partial charge in [-0.25, -0.2) is 0 Å². The maximum Gasteiger partial charge on any atom is 0.0372 e. The Morgan fingerprint density at radius 3 is 2.67 bits per heavy atom. The molecule has 2 rings (SSSR count). The van der Waals surface area contributed by atoms with Gasteiger partial charge in [0.1, 0.15) is 0 Å². The Kier molecular flexibility index (Phi) is 5.24. The molecule has 1 aromatic carbocycles. The van der Waals surface area contributed by atoms with Crippen LogP contribution >= 0.6 is 11.8 Å². The molecule has 2 nitrogen and oxygen atoms in total. The normalized spacial score (nSPS) is 10.5. The summed E-state index contributed by atoms with van der Waals surface area (Å²) in [6, 6.07) is 14.7. The van der Waals surface area contributed by atoms with Crippen molar-refractivity contribution in [2.24, 2.45) is 0 Å². The smallest absolute Gasteiger partial charge is 0.0372 e. The van der Waals surface area contributed by atoms with E-state index in [1.807, 2.05) is 30.9 Å². The van der Waals surface area contributed by atoms with E-state index < -0.39 is 0 Å². The first-order valence-electron chi connectivity index (χ1n) is 6.15. The highest BCUT2D eigenvalue weighted by Crippen LogP contribution is 2.15. The maximum atomic E-state index is 4.28. The van der Waals surface area contributed by atoms with Gasteiger partial charge in [0.2, 0.25) is 0 Å². The molecule has 0 fully saturated rings. The van der Waals surface area contributed by atoms with E-state index >= 15 is 0 Å². The summed E-state index contributed by atoms with van der Waals surface area (Å²) in [6.45, 7) is 3.91. The molecule has 0 aliphatic rings. The lowest BCUT2D eigenvalue weighted by molar-refractivity contribution is 0.729. The quantitative estimate of drug-likeness (QED) is 0.636. The Morgan fingerprint density at radius 1 is 1.11 bits per heavy atom. The molecule has 0 amide bonds. The molecule has 0 aliphatic carbocycles. The molecule has 3 heteroatoms. The van der Waals surface area contributed by atoms with Gasteiger partial charge in [-0.05, 0) is 30.7 Å². The molecule has 0 radical (unpaired) electrons. The Labute approximate surface area is 113 Å². The van der Waals surface area contributed by atoms with Crippen molar-refractivity contribution in [3.05, 3.63) is 59.9 Å². The van der Waals surface area contributed by atoms with Crippen LogP contribution in [-0.4, -0.2) is 17.3 Å². The van der Waals surface area contributed by atoms with Crippen LogP contribution in [0.15, 0.2) is 53.6 Å². The molecular weight excluding hydrogens is 240 g/mol. The second-order valence-corrected chi connectivity index (χ2v) is 5.31. The van der Waals surface area contributed by atoms with Gasteiger partial charge in [-0.2, -0.15) is 0 Å². The molecule has 0 atom stereocenters. The van der Waals surface area contributed by atoms with Crippen LogP contribution in [0.25, 0.3) is 0 Å². The molecule has 18 heavy (non-hydrogen) atoms. The van der Waals surface area contributed by atoms with Crippen molar-refractivity contribution in [3.8, 4) is 0 Å². The molecule has 0 bridgehead atoms. The molecule has 0 saturated heterocycles. The predicted octanol–water partition coefficient (Wildman–Crippen LogP) is 3.27. The fourth-order valence-electron chi connectivity index (χ4n) is 1.59. The van der Waals surface area contributed by atoms with Gasteiger partial charge < -0.3 is 5.32 Å². The number of hydrogen-bond donors (Lipinski definition) is 1. The van der Waals surface area contributed by atoms with E-state index in [9.17, 15) is 0 Å². The number of rotatable bonds is 6. The standard InChI is InChI=1S/C15H18N2S/c1-13-7-8-14(12-17-13)11-16-9-10-18-15-5-3-2-4-6-15/h2-8,12,16H,9-11H2,1H3. The van der Waals surface area contributed by atoms with Gasteiger partial charge in [0.05, 0.1) is 0 Å². The Morgan fingerprint density at radius 2 is 1.94 bits per heavy atom. The van der Waals surface area contributed by atoms with Crippen molar-refractivity contribution >= 4 is 11.8 Å². The van der Waals surface area contributed by atoms with Crippen LogP contribution in [0, 0.1) is 6.92 Å². The Bertz CT molecular complexity index is 454. The molecule has 0 unspecified atom stereocenters. The number of benzene rings is 1. The monoisotopic (exact) mass is 258 g/mol. The minimum Gasteiger partial charge on any atom is -0.312 e. The van der Waals surface area contributed by atoms with E-state index in [-0.39, 0.29) is 0 Å². The highest BCUT2D eigenvalue weighted by Gasteiger charge is 1.94. The molecular formula is C15H18N2S. The van der Waals surface area contributed by atoms with Crippen molar-refractivity contribution < 1.29 is 0 Å². The third-order valence-corrected chi connectivity index (χ3v) is 3.61. The number of thioether (sulfide) groups is 1. The van der Waals surface area contributed by atoms with Gasteiger partial charge in [0, 0.05) is 35.6 Å². The van der Waals surface area contributed by atoms with Crippen LogP contribution in [-0.2, 0) is 6.54 Å². The number of pyridine rings is 1. The average Bonchev–Trinajstić information content (AvgIpc) is 2.42. The summed E-state index contributed by atoms with van der Waals surface area (Å²) in [7, 11) is 0. The van der Waals surface area contributed by atoms with Gasteiger partial charge in [-0.3, -0.25) is 4.98 Å². The van der Waals surface area contributed by atoms with Crippen LogP contribution in [0.1, 0.15) is 11.3 Å². The zero-order valence-corrected chi connectivity index (χ0v) is 11.4. The van der Waals surface area contributed by atoms with Crippen LogP contribution in [0.3, 0.4) is 0 Å². The van der Waals surface area contributed by atoms with Crippen molar-refractivity contribution in [1.29, 1.82) is 0 Å². The summed E-state index contributed by atoms with van der Waals surface area (Å²) < 4.78 is 0. The van der Waals surface area contributed by atoms with Crippen molar-refractivity contribution in [2.75, 3.05) is 12.3 Å². The lowest BCUT2D eigenvalue weighted by Gasteiger charge is -2.05. The molecule has 0 saturated carbocycles. The number of aryl methyl sites for hydroxylation is 1. The highest BCUT2D eigenvalue weighted by atomic mass is 32.2. The second-order valence-electron chi connectivity index (χ2n) is 4.15. The fourth-order valence-corrected chi connectivity index (χ4v) is 2.43. The summed E-state index contributed by atoms with van der Waals surface area (Å²) in [5.41, 5.74) is 2.31. The average molecular weight is 258 g/mol. The minimum atomic E-state index is 0.891. The number of nitrogens with zero attached hydrogens (tertiary/aromatic N) is 1. The number of nitrogens with one attached hydrogen (secondary N) is 1. The van der Waals surface area contributed by atoms with E-state index in [1.165, 1.54) is 10.5 Å². The molecule has 1 aromatic heterocycles. The lowest BCUT2D eigenvalue weighted by Crippen LogP contribution is -2.16. The van der Waals surface area contributed by atoms with E-state index in [0.29, 0.717) is 0 Å². The van der Waals surface area contributed by atoms with Gasteiger partial charge in [-0.15, -0.1) is 11.8 Å². The molecule has 0 spiro atoms. The summed E-state index contributed by atoms with van der Waals surface area (Å²) in [4.78, 5) is 5.61. The van der Waals surface area contributed by atoms with Crippen molar-refractivity contribution in [3.63, 3.8) is 0 Å². The molecule has 2 aromatic rings. The van der Waals surface area contributed by atoms with Crippen LogP contribution in [0.5, 0.6) is 0 Å². The summed E-state index contributed by atoms with van der Waals surface area (Å²) in [5.74, 6) is 1.09. The van der Waals surface area contributed by atoms with Crippen molar-refractivity contribution in [1.82, 2.24) is 10.3 Å². The highest BCUT2D eigenvalue weighted by molar-refractivity contribution is 7.99. The number of aromatic nitrogens is 1. The Balaban J connectivity index is 1.63. The topological polar surface area (TPSA) is 24.9 Å². The van der Waals surface area contributed by atoms with Crippen LogP contribution in [0.2, 0.25) is 0 Å². The predicted molar refractivity (Wildman–Crippen MR) is 77.8 cm³/mol. The van der Waals surface area contributed by atoms with E-state index in [1.54, 1.807) is 0 Å². The molecule has 0 aliphatic heterocycles. The first-order chi connectivity index (χ1) is 8.84. The first-order valence-corrected chi connectivity index (χ1v) is 7.13. The summed E-state index contributed by atoms with van der Waals surface area (Å²) >= 11 is 1.88. The first kappa shape index (κ1) is 13.1. The third-order valence-electron chi connectivity index (χ3n) is 2.59. The summed E-state index contributed by atoms with van der Waals surface area (Å²) in [5, 5.41) is 3.43. The molecule has 94 valence electrons. The van der Waals surface area contributed by atoms with Crippen molar-refractivity contribution in [2.45, 2.75) is 18.4 Å². The minimum absolute atomic E-state index is 0.891. The maximum absolute atomic E-state index is 4.28. The third kappa shape index (κ3) is 4.51. The lowest BCUT2D eigenvalue weighted by atomic mass is 10.2. The van der Waals surface area contributed by atoms with Crippen LogP contribution in [0.4, 0.5) is 0 Å².